The largest absolute Gasteiger partial charge is 0.507 e. The molecule has 0 saturated carbocycles. The van der Waals surface area contributed by atoms with E-state index in [1.54, 1.807) is 6.07 Å². The fourth-order valence-corrected chi connectivity index (χ4v) is 2.43. The summed E-state index contributed by atoms with van der Waals surface area (Å²) in [4.78, 5) is 0. The van der Waals surface area contributed by atoms with E-state index in [1.807, 2.05) is 39.0 Å². The zero-order chi connectivity index (χ0) is 15.3. The Morgan fingerprint density at radius 1 is 0.750 bits per heavy atom. The molecule has 0 aliphatic rings. The van der Waals surface area contributed by atoms with Crippen LogP contribution in [0.2, 0.25) is 0 Å². The molecule has 0 unspecified atom stereocenters. The van der Waals surface area contributed by atoms with Gasteiger partial charge in [0.15, 0.2) is 0 Å². The smallest absolute Gasteiger partial charge is 0.127 e. The van der Waals surface area contributed by atoms with Crippen molar-refractivity contribution >= 4 is 10.8 Å². The number of phenols is 2. The van der Waals surface area contributed by atoms with Crippen molar-refractivity contribution in [3.8, 4) is 11.5 Å². The van der Waals surface area contributed by atoms with Gasteiger partial charge in [-0.2, -0.15) is 0 Å². The Balaban J connectivity index is 2.79. The minimum atomic E-state index is -0.210. The van der Waals surface area contributed by atoms with Gasteiger partial charge in [-0.05, 0) is 28.5 Å². The van der Waals surface area contributed by atoms with Crippen molar-refractivity contribution in [2.24, 2.45) is 0 Å². The second kappa shape index (κ2) is 4.41. The molecule has 0 bridgehead atoms. The molecule has 0 heterocycles. The first-order chi connectivity index (χ1) is 9.01. The number of phenolic OH excluding ortho intramolecular Hbond substituents is 2. The summed E-state index contributed by atoms with van der Waals surface area (Å²) in [6.07, 6.45) is 0. The number of hydrogen-bond donors (Lipinski definition) is 2. The molecule has 0 fully saturated rings. The van der Waals surface area contributed by atoms with Crippen molar-refractivity contribution in [3.05, 3.63) is 35.4 Å². The summed E-state index contributed by atoms with van der Waals surface area (Å²) < 4.78 is 0. The Kier molecular flexibility index (Phi) is 3.24. The molecule has 0 radical (unpaired) electrons. The number of aromatic hydroxyl groups is 2. The van der Waals surface area contributed by atoms with Gasteiger partial charge in [-0.15, -0.1) is 0 Å². The zero-order valence-corrected chi connectivity index (χ0v) is 13.2. The van der Waals surface area contributed by atoms with Crippen LogP contribution in [0.25, 0.3) is 10.8 Å². The fraction of sp³-hybridized carbons (Fsp3) is 0.444. The predicted octanol–water partition coefficient (Wildman–Crippen LogP) is 4.85. The second-order valence-electron chi connectivity index (χ2n) is 7.55. The lowest BCUT2D eigenvalue weighted by Gasteiger charge is -2.24. The van der Waals surface area contributed by atoms with Gasteiger partial charge in [-0.3, -0.25) is 0 Å². The Bertz CT molecular complexity index is 656. The molecule has 0 aliphatic heterocycles. The number of rotatable bonds is 0. The lowest BCUT2D eigenvalue weighted by Crippen LogP contribution is -2.12. The predicted molar refractivity (Wildman–Crippen MR) is 84.7 cm³/mol. The van der Waals surface area contributed by atoms with Crippen molar-refractivity contribution in [2.75, 3.05) is 0 Å². The first-order valence-electron chi connectivity index (χ1n) is 7.01. The molecular formula is C18H24O2. The zero-order valence-electron chi connectivity index (χ0n) is 13.2. The molecule has 0 aliphatic carbocycles. The van der Waals surface area contributed by atoms with Crippen molar-refractivity contribution < 1.29 is 10.2 Å². The summed E-state index contributed by atoms with van der Waals surface area (Å²) in [5, 5.41) is 22.2. The van der Waals surface area contributed by atoms with Gasteiger partial charge >= 0.3 is 0 Å². The van der Waals surface area contributed by atoms with E-state index in [2.05, 4.69) is 20.8 Å². The molecule has 2 heteroatoms. The SMILES string of the molecule is CC(C)(C)c1ccc2c(O)c(C(C)(C)C)cc(O)c2c1. The molecule has 108 valence electrons. The Hall–Kier alpha value is -1.70. The summed E-state index contributed by atoms with van der Waals surface area (Å²) in [5.74, 6) is 0.500. The van der Waals surface area contributed by atoms with Crippen molar-refractivity contribution in [1.82, 2.24) is 0 Å². The minimum absolute atomic E-state index is 0.0128. The quantitative estimate of drug-likeness (QED) is 0.673. The maximum Gasteiger partial charge on any atom is 0.127 e. The highest BCUT2D eigenvalue weighted by molar-refractivity contribution is 5.95. The van der Waals surface area contributed by atoms with Crippen LogP contribution >= 0.6 is 0 Å². The van der Waals surface area contributed by atoms with Crippen molar-refractivity contribution in [1.29, 1.82) is 0 Å². The van der Waals surface area contributed by atoms with Crippen LogP contribution in [0.1, 0.15) is 52.7 Å². The Morgan fingerprint density at radius 2 is 1.35 bits per heavy atom. The molecule has 20 heavy (non-hydrogen) atoms. The van der Waals surface area contributed by atoms with Crippen LogP contribution in [-0.2, 0) is 10.8 Å². The van der Waals surface area contributed by atoms with Crippen LogP contribution in [0.5, 0.6) is 11.5 Å². The maximum absolute atomic E-state index is 10.5. The molecule has 2 nitrogen and oxygen atoms in total. The van der Waals surface area contributed by atoms with Crippen LogP contribution in [0, 0.1) is 0 Å². The molecule has 2 aromatic carbocycles. The van der Waals surface area contributed by atoms with E-state index in [1.165, 1.54) is 0 Å². The third-order valence-electron chi connectivity index (χ3n) is 3.76. The van der Waals surface area contributed by atoms with Crippen LogP contribution in [0.15, 0.2) is 24.3 Å². The first-order valence-corrected chi connectivity index (χ1v) is 7.01. The van der Waals surface area contributed by atoms with Gasteiger partial charge in [-0.25, -0.2) is 0 Å². The highest BCUT2D eigenvalue weighted by Crippen LogP contribution is 2.42. The van der Waals surface area contributed by atoms with E-state index >= 15 is 0 Å². The van der Waals surface area contributed by atoms with E-state index in [-0.39, 0.29) is 22.3 Å². The van der Waals surface area contributed by atoms with Gasteiger partial charge in [0.25, 0.3) is 0 Å². The van der Waals surface area contributed by atoms with Crippen LogP contribution in [0.4, 0.5) is 0 Å². The van der Waals surface area contributed by atoms with Gasteiger partial charge in [-0.1, -0.05) is 53.7 Å². The Labute approximate surface area is 121 Å². The fourth-order valence-electron chi connectivity index (χ4n) is 2.43. The average molecular weight is 272 g/mol. The molecular weight excluding hydrogens is 248 g/mol. The summed E-state index contributed by atoms with van der Waals surface area (Å²) in [6.45, 7) is 12.5. The molecule has 0 saturated heterocycles. The number of fused-ring (bicyclic) bond motifs is 1. The van der Waals surface area contributed by atoms with E-state index < -0.39 is 0 Å². The normalized spacial score (nSPS) is 12.9. The van der Waals surface area contributed by atoms with Crippen LogP contribution in [0.3, 0.4) is 0 Å². The molecule has 0 aromatic heterocycles. The first kappa shape index (κ1) is 14.7. The molecule has 2 N–H and O–H groups in total. The molecule has 0 amide bonds. The van der Waals surface area contributed by atoms with Gasteiger partial charge in [0.05, 0.1) is 0 Å². The molecule has 0 atom stereocenters. The van der Waals surface area contributed by atoms with E-state index in [9.17, 15) is 10.2 Å². The Morgan fingerprint density at radius 3 is 1.85 bits per heavy atom. The molecule has 2 rings (SSSR count). The summed E-state index contributed by atoms with van der Waals surface area (Å²) >= 11 is 0. The summed E-state index contributed by atoms with van der Waals surface area (Å²) in [6, 6.07) is 7.58. The topological polar surface area (TPSA) is 40.5 Å². The lowest BCUT2D eigenvalue weighted by molar-refractivity contribution is 0.443. The number of hydrogen-bond acceptors (Lipinski definition) is 2. The molecule has 2 aromatic rings. The van der Waals surface area contributed by atoms with Gasteiger partial charge in [0.2, 0.25) is 0 Å². The van der Waals surface area contributed by atoms with Gasteiger partial charge < -0.3 is 10.2 Å². The van der Waals surface area contributed by atoms with Gasteiger partial charge in [0.1, 0.15) is 11.5 Å². The van der Waals surface area contributed by atoms with E-state index in [0.29, 0.717) is 10.8 Å². The third-order valence-corrected chi connectivity index (χ3v) is 3.76. The van der Waals surface area contributed by atoms with E-state index in [0.717, 1.165) is 11.1 Å². The molecule has 0 spiro atoms. The summed E-state index contributed by atoms with van der Waals surface area (Å²) in [5.41, 5.74) is 1.71. The minimum Gasteiger partial charge on any atom is -0.507 e. The second-order valence-corrected chi connectivity index (χ2v) is 7.55. The standard InChI is InChI=1S/C18H24O2/c1-17(2,3)11-7-8-12-13(9-11)15(19)10-14(16(12)20)18(4,5)6/h7-10,19-20H,1-6H3. The van der Waals surface area contributed by atoms with Crippen molar-refractivity contribution in [3.63, 3.8) is 0 Å². The van der Waals surface area contributed by atoms with Crippen LogP contribution in [-0.4, -0.2) is 10.2 Å². The monoisotopic (exact) mass is 272 g/mol. The average Bonchev–Trinajstić information content (AvgIpc) is 2.30. The summed E-state index contributed by atoms with van der Waals surface area (Å²) in [7, 11) is 0. The number of benzene rings is 2. The van der Waals surface area contributed by atoms with Gasteiger partial charge in [0, 0.05) is 16.3 Å². The lowest BCUT2D eigenvalue weighted by atomic mass is 9.82. The highest BCUT2D eigenvalue weighted by Gasteiger charge is 2.23. The maximum atomic E-state index is 10.5. The van der Waals surface area contributed by atoms with Crippen molar-refractivity contribution in [2.45, 2.75) is 52.4 Å². The van der Waals surface area contributed by atoms with Crippen LogP contribution < -0.4 is 0 Å². The van der Waals surface area contributed by atoms with E-state index in [4.69, 9.17) is 0 Å². The third kappa shape index (κ3) is 2.47. The highest BCUT2D eigenvalue weighted by atomic mass is 16.3.